The van der Waals surface area contributed by atoms with Crippen molar-refractivity contribution in [1.82, 2.24) is 4.98 Å². The first kappa shape index (κ1) is 7.25. The lowest BCUT2D eigenvalue weighted by Crippen LogP contribution is -1.86. The fraction of sp³-hybridized carbons (Fsp3) is 0.625. The quantitative estimate of drug-likeness (QED) is 0.691. The molecule has 0 unspecified atom stereocenters. The highest BCUT2D eigenvalue weighted by Crippen LogP contribution is 2.40. The lowest BCUT2D eigenvalue weighted by molar-refractivity contribution is 0.184. The number of ether oxygens (including phenoxy) is 1. The van der Waals surface area contributed by atoms with E-state index in [0.717, 1.165) is 10.9 Å². The van der Waals surface area contributed by atoms with Crippen LogP contribution < -0.4 is 0 Å². The SMILES string of the molecule is COCc1nc(C2CC2)cs1. The van der Waals surface area contributed by atoms with Gasteiger partial charge in [0.05, 0.1) is 12.3 Å². The van der Waals surface area contributed by atoms with E-state index in [0.29, 0.717) is 6.61 Å². The predicted molar refractivity (Wildman–Crippen MR) is 44.8 cm³/mol. The van der Waals surface area contributed by atoms with Gasteiger partial charge in [-0.25, -0.2) is 4.98 Å². The van der Waals surface area contributed by atoms with Crippen LogP contribution in [0.1, 0.15) is 29.5 Å². The van der Waals surface area contributed by atoms with E-state index in [-0.39, 0.29) is 0 Å². The van der Waals surface area contributed by atoms with Crippen LogP contribution in [0.25, 0.3) is 0 Å². The lowest BCUT2D eigenvalue weighted by Gasteiger charge is -1.90. The molecule has 0 bridgehead atoms. The summed E-state index contributed by atoms with van der Waals surface area (Å²) in [5.74, 6) is 0.775. The van der Waals surface area contributed by atoms with Gasteiger partial charge in [0.2, 0.25) is 0 Å². The number of methoxy groups -OCH3 is 1. The highest BCUT2D eigenvalue weighted by atomic mass is 32.1. The second kappa shape index (κ2) is 2.91. The van der Waals surface area contributed by atoms with Crippen molar-refractivity contribution in [3.05, 3.63) is 16.1 Å². The van der Waals surface area contributed by atoms with Crippen molar-refractivity contribution < 1.29 is 4.74 Å². The summed E-state index contributed by atoms with van der Waals surface area (Å²) in [5, 5.41) is 3.26. The molecule has 11 heavy (non-hydrogen) atoms. The van der Waals surface area contributed by atoms with Gasteiger partial charge < -0.3 is 4.74 Å². The molecule has 60 valence electrons. The third kappa shape index (κ3) is 1.60. The molecule has 1 saturated carbocycles. The number of aromatic nitrogens is 1. The number of hydrogen-bond acceptors (Lipinski definition) is 3. The van der Waals surface area contributed by atoms with Crippen molar-refractivity contribution in [1.29, 1.82) is 0 Å². The molecule has 0 spiro atoms. The first-order valence-corrected chi connectivity index (χ1v) is 4.71. The molecule has 1 aliphatic rings. The summed E-state index contributed by atoms with van der Waals surface area (Å²) >= 11 is 1.71. The first-order chi connectivity index (χ1) is 5.40. The van der Waals surface area contributed by atoms with Gasteiger partial charge in [0.1, 0.15) is 5.01 Å². The minimum absolute atomic E-state index is 0.664. The van der Waals surface area contributed by atoms with Crippen molar-refractivity contribution in [2.45, 2.75) is 25.4 Å². The van der Waals surface area contributed by atoms with Crippen LogP contribution in [-0.2, 0) is 11.3 Å². The van der Waals surface area contributed by atoms with Crippen LogP contribution in [0.2, 0.25) is 0 Å². The lowest BCUT2D eigenvalue weighted by atomic mass is 10.3. The van der Waals surface area contributed by atoms with Crippen LogP contribution in [0.5, 0.6) is 0 Å². The summed E-state index contributed by atoms with van der Waals surface area (Å²) in [6.45, 7) is 0.664. The maximum atomic E-state index is 4.99. The second-order valence-electron chi connectivity index (χ2n) is 2.87. The number of nitrogens with zero attached hydrogens (tertiary/aromatic N) is 1. The maximum absolute atomic E-state index is 4.99. The molecular formula is C8H11NOS. The number of thiazole rings is 1. The van der Waals surface area contributed by atoms with E-state index in [1.165, 1.54) is 18.5 Å². The highest BCUT2D eigenvalue weighted by molar-refractivity contribution is 7.09. The van der Waals surface area contributed by atoms with E-state index >= 15 is 0 Å². The monoisotopic (exact) mass is 169 g/mol. The van der Waals surface area contributed by atoms with Crippen molar-refractivity contribution in [2.75, 3.05) is 7.11 Å². The Kier molecular flexibility index (Phi) is 1.92. The fourth-order valence-corrected chi connectivity index (χ4v) is 1.93. The molecule has 0 N–H and O–H groups in total. The van der Waals surface area contributed by atoms with Gasteiger partial charge in [-0.2, -0.15) is 0 Å². The van der Waals surface area contributed by atoms with Crippen molar-refractivity contribution in [3.8, 4) is 0 Å². The van der Waals surface area contributed by atoms with Crippen molar-refractivity contribution in [3.63, 3.8) is 0 Å². The Hall–Kier alpha value is -0.410. The van der Waals surface area contributed by atoms with Gasteiger partial charge in [-0.05, 0) is 12.8 Å². The van der Waals surface area contributed by atoms with E-state index in [4.69, 9.17) is 4.74 Å². The molecule has 1 aliphatic carbocycles. The third-order valence-corrected chi connectivity index (χ3v) is 2.67. The van der Waals surface area contributed by atoms with Gasteiger partial charge in [0.15, 0.2) is 0 Å². The molecule has 1 heterocycles. The molecule has 0 radical (unpaired) electrons. The Morgan fingerprint density at radius 1 is 1.73 bits per heavy atom. The Labute approximate surface area is 70.2 Å². The predicted octanol–water partition coefficient (Wildman–Crippen LogP) is 2.17. The molecule has 0 saturated heterocycles. The molecule has 3 heteroatoms. The van der Waals surface area contributed by atoms with E-state index < -0.39 is 0 Å². The molecule has 2 rings (SSSR count). The van der Waals surface area contributed by atoms with Gasteiger partial charge in [-0.1, -0.05) is 0 Å². The minimum Gasteiger partial charge on any atom is -0.378 e. The van der Waals surface area contributed by atoms with Crippen LogP contribution >= 0.6 is 11.3 Å². The molecule has 1 aromatic heterocycles. The van der Waals surface area contributed by atoms with Crippen LogP contribution in [0.3, 0.4) is 0 Å². The van der Waals surface area contributed by atoms with Crippen molar-refractivity contribution in [2.24, 2.45) is 0 Å². The maximum Gasteiger partial charge on any atom is 0.119 e. The second-order valence-corrected chi connectivity index (χ2v) is 3.82. The molecule has 0 amide bonds. The Morgan fingerprint density at radius 2 is 2.55 bits per heavy atom. The topological polar surface area (TPSA) is 22.1 Å². The normalized spacial score (nSPS) is 17.2. The van der Waals surface area contributed by atoms with E-state index in [2.05, 4.69) is 10.4 Å². The summed E-state index contributed by atoms with van der Waals surface area (Å²) in [6, 6.07) is 0. The van der Waals surface area contributed by atoms with Gasteiger partial charge >= 0.3 is 0 Å². The Balaban J connectivity index is 2.06. The van der Waals surface area contributed by atoms with Gasteiger partial charge in [0, 0.05) is 18.4 Å². The van der Waals surface area contributed by atoms with Crippen LogP contribution in [0.15, 0.2) is 5.38 Å². The molecule has 1 fully saturated rings. The minimum atomic E-state index is 0.664. The standard InChI is InChI=1S/C8H11NOS/c1-10-4-8-9-7(5-11-8)6-2-3-6/h5-6H,2-4H2,1H3. The summed E-state index contributed by atoms with van der Waals surface area (Å²) in [4.78, 5) is 4.46. The summed E-state index contributed by atoms with van der Waals surface area (Å²) in [6.07, 6.45) is 2.66. The largest absolute Gasteiger partial charge is 0.378 e. The van der Waals surface area contributed by atoms with Crippen molar-refractivity contribution >= 4 is 11.3 Å². The number of rotatable bonds is 3. The highest BCUT2D eigenvalue weighted by Gasteiger charge is 2.25. The van der Waals surface area contributed by atoms with Crippen LogP contribution in [0, 0.1) is 0 Å². The van der Waals surface area contributed by atoms with Crippen LogP contribution in [0.4, 0.5) is 0 Å². The van der Waals surface area contributed by atoms with E-state index in [1.54, 1.807) is 18.4 Å². The fourth-order valence-electron chi connectivity index (χ4n) is 1.08. The zero-order chi connectivity index (χ0) is 7.68. The summed E-state index contributed by atoms with van der Waals surface area (Å²) in [5.41, 5.74) is 1.28. The Morgan fingerprint density at radius 3 is 3.18 bits per heavy atom. The Bertz CT molecular complexity index is 242. The van der Waals surface area contributed by atoms with Gasteiger partial charge in [0.25, 0.3) is 0 Å². The van der Waals surface area contributed by atoms with E-state index in [1.807, 2.05) is 0 Å². The zero-order valence-corrected chi connectivity index (χ0v) is 7.36. The molecule has 0 atom stereocenters. The zero-order valence-electron chi connectivity index (χ0n) is 6.54. The molecule has 1 aromatic rings. The average Bonchev–Trinajstić information content (AvgIpc) is 2.75. The van der Waals surface area contributed by atoms with Gasteiger partial charge in [-0.3, -0.25) is 0 Å². The molecule has 2 nitrogen and oxygen atoms in total. The molecule has 0 aliphatic heterocycles. The third-order valence-electron chi connectivity index (χ3n) is 1.83. The van der Waals surface area contributed by atoms with Crippen LogP contribution in [-0.4, -0.2) is 12.1 Å². The molecule has 0 aromatic carbocycles. The van der Waals surface area contributed by atoms with E-state index in [9.17, 15) is 0 Å². The summed E-state index contributed by atoms with van der Waals surface area (Å²) in [7, 11) is 1.71. The van der Waals surface area contributed by atoms with Gasteiger partial charge in [-0.15, -0.1) is 11.3 Å². The molecular weight excluding hydrogens is 158 g/mol. The number of hydrogen-bond donors (Lipinski definition) is 0. The smallest absolute Gasteiger partial charge is 0.119 e. The first-order valence-electron chi connectivity index (χ1n) is 3.83. The summed E-state index contributed by atoms with van der Waals surface area (Å²) < 4.78 is 4.99. The average molecular weight is 169 g/mol.